The van der Waals surface area contributed by atoms with Crippen molar-refractivity contribution < 1.29 is 32.2 Å². The van der Waals surface area contributed by atoms with Gasteiger partial charge in [0.2, 0.25) is 5.88 Å². The lowest BCUT2D eigenvalue weighted by Gasteiger charge is -2.59. The summed E-state index contributed by atoms with van der Waals surface area (Å²) in [5.74, 6) is -1.26. The molecule has 1 aliphatic heterocycles. The Bertz CT molecular complexity index is 1260. The van der Waals surface area contributed by atoms with E-state index in [-0.39, 0.29) is 34.3 Å². The van der Waals surface area contributed by atoms with Crippen LogP contribution in [0.3, 0.4) is 0 Å². The van der Waals surface area contributed by atoms with E-state index in [1.54, 1.807) is 12.1 Å². The Morgan fingerprint density at radius 3 is 2.62 bits per heavy atom. The first-order valence-electron chi connectivity index (χ1n) is 10.5. The van der Waals surface area contributed by atoms with Gasteiger partial charge in [0.1, 0.15) is 11.6 Å². The molecular weight excluding hydrogens is 456 g/mol. The highest BCUT2D eigenvalue weighted by Crippen LogP contribution is 2.55. The van der Waals surface area contributed by atoms with Gasteiger partial charge in [-0.15, -0.1) is 0 Å². The minimum Gasteiger partial charge on any atom is -0.508 e. The maximum Gasteiger partial charge on any atom is 0.435 e. The average Bonchev–Trinajstić information content (AvgIpc) is 3.18. The smallest absolute Gasteiger partial charge is 0.435 e. The lowest BCUT2D eigenvalue weighted by molar-refractivity contribution is -0.142. The van der Waals surface area contributed by atoms with Gasteiger partial charge in [0, 0.05) is 24.7 Å². The molecule has 0 atom stereocenters. The summed E-state index contributed by atoms with van der Waals surface area (Å²) in [6, 6.07) is 7.21. The van der Waals surface area contributed by atoms with E-state index in [2.05, 4.69) is 10.1 Å². The normalized spacial score (nSPS) is 17.4. The molecule has 3 heterocycles. The molecule has 1 aliphatic carbocycles. The number of alkyl halides is 3. The highest BCUT2D eigenvalue weighted by atomic mass is 19.4. The zero-order valence-corrected chi connectivity index (χ0v) is 18.0. The maximum absolute atomic E-state index is 14.0. The summed E-state index contributed by atoms with van der Waals surface area (Å²) in [7, 11) is 1.39. The zero-order chi connectivity index (χ0) is 24.3. The summed E-state index contributed by atoms with van der Waals surface area (Å²) >= 11 is 0. The van der Waals surface area contributed by atoms with Crippen LogP contribution in [0, 0.1) is 11.2 Å². The number of ether oxygens (including phenoxy) is 1. The van der Waals surface area contributed by atoms with E-state index in [9.17, 15) is 27.5 Å². The third-order valence-corrected chi connectivity index (χ3v) is 6.47. The number of rotatable bonds is 4. The molecule has 34 heavy (non-hydrogen) atoms. The van der Waals surface area contributed by atoms with Gasteiger partial charge in [0.25, 0.3) is 5.91 Å². The molecule has 1 saturated carbocycles. The molecule has 11 heteroatoms. The van der Waals surface area contributed by atoms with Gasteiger partial charge in [-0.3, -0.25) is 9.48 Å². The van der Waals surface area contributed by atoms with Crippen LogP contribution in [0.2, 0.25) is 0 Å². The van der Waals surface area contributed by atoms with Gasteiger partial charge in [0.05, 0.1) is 30.0 Å². The van der Waals surface area contributed by atoms with Crippen LogP contribution in [-0.4, -0.2) is 50.9 Å². The molecule has 3 aromatic rings. The molecule has 2 aliphatic rings. The van der Waals surface area contributed by atoms with Crippen molar-refractivity contribution in [2.75, 3.05) is 20.2 Å². The van der Waals surface area contributed by atoms with Crippen molar-refractivity contribution >= 4 is 5.91 Å². The molecule has 0 radical (unpaired) electrons. The quantitative estimate of drug-likeness (QED) is 0.569. The van der Waals surface area contributed by atoms with Gasteiger partial charge >= 0.3 is 6.18 Å². The molecule has 5 rings (SSSR count). The highest BCUT2D eigenvalue weighted by molar-refractivity contribution is 5.95. The third kappa shape index (κ3) is 3.64. The number of likely N-dealkylation sites (tertiary alicyclic amines) is 1. The molecule has 1 spiro atoms. The number of aromatic nitrogens is 3. The second-order valence-electron chi connectivity index (χ2n) is 8.80. The first-order chi connectivity index (χ1) is 16.1. The van der Waals surface area contributed by atoms with Crippen molar-refractivity contribution in [2.24, 2.45) is 5.41 Å². The summed E-state index contributed by atoms with van der Waals surface area (Å²) < 4.78 is 60.9. The minimum absolute atomic E-state index is 0.194. The molecule has 7 nitrogen and oxygen atoms in total. The summed E-state index contributed by atoms with van der Waals surface area (Å²) in [5.41, 5.74) is -0.809. The highest BCUT2D eigenvalue weighted by Gasteiger charge is 2.55. The van der Waals surface area contributed by atoms with Crippen LogP contribution in [0.1, 0.15) is 34.9 Å². The first-order valence-corrected chi connectivity index (χ1v) is 10.5. The van der Waals surface area contributed by atoms with Crippen molar-refractivity contribution in [3.63, 3.8) is 0 Å². The molecule has 0 bridgehead atoms. The van der Waals surface area contributed by atoms with Crippen molar-refractivity contribution in [2.45, 2.75) is 25.1 Å². The SMILES string of the molecule is COc1ncccc1-c1cc(C(F)(F)F)nn1C1CC2(C1)CN(C(=O)c1cc(O)ccc1F)C2. The van der Waals surface area contributed by atoms with Gasteiger partial charge in [-0.1, -0.05) is 0 Å². The molecule has 1 amide bonds. The first kappa shape index (κ1) is 22.2. The van der Waals surface area contributed by atoms with Crippen LogP contribution in [0.5, 0.6) is 11.6 Å². The van der Waals surface area contributed by atoms with Gasteiger partial charge < -0.3 is 14.7 Å². The van der Waals surface area contributed by atoms with Gasteiger partial charge in [-0.05, 0) is 49.2 Å². The lowest BCUT2D eigenvalue weighted by atomic mass is 9.60. The summed E-state index contributed by atoms with van der Waals surface area (Å²) in [6.45, 7) is 0.715. The predicted octanol–water partition coefficient (Wildman–Crippen LogP) is 4.29. The minimum atomic E-state index is -4.61. The Morgan fingerprint density at radius 2 is 1.94 bits per heavy atom. The molecule has 2 fully saturated rings. The zero-order valence-electron chi connectivity index (χ0n) is 18.0. The number of carbonyl (C=O) groups excluding carboxylic acids is 1. The number of methoxy groups -OCH3 is 1. The number of carbonyl (C=O) groups is 1. The fraction of sp³-hybridized carbons (Fsp3) is 0.348. The van der Waals surface area contributed by atoms with E-state index in [1.165, 1.54) is 22.9 Å². The molecule has 1 N–H and O–H groups in total. The second-order valence-corrected chi connectivity index (χ2v) is 8.80. The number of nitrogens with zero attached hydrogens (tertiary/aromatic N) is 4. The van der Waals surface area contributed by atoms with Crippen LogP contribution in [0.15, 0.2) is 42.6 Å². The van der Waals surface area contributed by atoms with Gasteiger partial charge in [-0.25, -0.2) is 9.37 Å². The number of pyridine rings is 1. The summed E-state index contributed by atoms with van der Waals surface area (Å²) in [6.07, 6.45) is -2.08. The van der Waals surface area contributed by atoms with E-state index >= 15 is 0 Å². The van der Waals surface area contributed by atoms with E-state index in [1.807, 2.05) is 0 Å². The second kappa shape index (κ2) is 7.71. The third-order valence-electron chi connectivity index (χ3n) is 6.47. The Kier molecular flexibility index (Phi) is 5.03. The molecule has 2 aromatic heterocycles. The fourth-order valence-corrected chi connectivity index (χ4v) is 4.89. The number of aromatic hydroxyl groups is 1. The number of hydrogen-bond acceptors (Lipinski definition) is 5. The molecule has 178 valence electrons. The van der Waals surface area contributed by atoms with Gasteiger partial charge in [0.15, 0.2) is 5.69 Å². The molecule has 0 unspecified atom stereocenters. The van der Waals surface area contributed by atoms with Gasteiger partial charge in [-0.2, -0.15) is 18.3 Å². The number of benzene rings is 1. The lowest BCUT2D eigenvalue weighted by Crippen LogP contribution is -2.64. The predicted molar refractivity (Wildman–Crippen MR) is 112 cm³/mol. The number of hydrogen-bond donors (Lipinski definition) is 1. The summed E-state index contributed by atoms with van der Waals surface area (Å²) in [5, 5.41) is 13.4. The Labute approximate surface area is 191 Å². The van der Waals surface area contributed by atoms with Crippen LogP contribution in [0.25, 0.3) is 11.3 Å². The van der Waals surface area contributed by atoms with Crippen molar-refractivity contribution in [1.82, 2.24) is 19.7 Å². The number of phenols is 1. The number of halogens is 4. The van der Waals surface area contributed by atoms with Crippen molar-refractivity contribution in [3.05, 3.63) is 59.7 Å². The molecular formula is C23H20F4N4O3. The molecule has 1 aromatic carbocycles. The topological polar surface area (TPSA) is 80.5 Å². The average molecular weight is 476 g/mol. The number of amides is 1. The van der Waals surface area contributed by atoms with Crippen LogP contribution < -0.4 is 4.74 Å². The standard InChI is InChI=1S/C23H20F4N4O3/c1-34-20-15(3-2-6-28-20)18-8-19(23(25,26)27)29-31(18)13-9-22(10-13)11-30(12-22)21(33)16-7-14(32)4-5-17(16)24/h2-8,13,32H,9-12H2,1H3. The Hall–Kier alpha value is -3.63. The van der Waals surface area contributed by atoms with Crippen LogP contribution in [0.4, 0.5) is 17.6 Å². The maximum atomic E-state index is 14.0. The molecule has 1 saturated heterocycles. The Balaban J connectivity index is 1.35. The van der Waals surface area contributed by atoms with E-state index in [0.717, 1.165) is 24.3 Å². The van der Waals surface area contributed by atoms with E-state index in [4.69, 9.17) is 4.74 Å². The van der Waals surface area contributed by atoms with Crippen LogP contribution >= 0.6 is 0 Å². The van der Waals surface area contributed by atoms with E-state index in [0.29, 0.717) is 31.5 Å². The Morgan fingerprint density at radius 1 is 1.21 bits per heavy atom. The van der Waals surface area contributed by atoms with Crippen LogP contribution in [-0.2, 0) is 6.18 Å². The largest absolute Gasteiger partial charge is 0.508 e. The van der Waals surface area contributed by atoms with Crippen molar-refractivity contribution in [3.8, 4) is 22.9 Å². The van der Waals surface area contributed by atoms with E-state index < -0.39 is 23.6 Å². The monoisotopic (exact) mass is 476 g/mol. The number of phenolic OH excluding ortho intramolecular Hbond substituents is 1. The summed E-state index contributed by atoms with van der Waals surface area (Å²) in [4.78, 5) is 18.2. The fourth-order valence-electron chi connectivity index (χ4n) is 4.89. The van der Waals surface area contributed by atoms with Crippen molar-refractivity contribution in [1.29, 1.82) is 0 Å².